The maximum atomic E-state index is 6.13. The molecule has 4 unspecified atom stereocenters. The Balaban J connectivity index is 1.73. The molecule has 104 valence electrons. The van der Waals surface area contributed by atoms with Gasteiger partial charge in [-0.3, -0.25) is 0 Å². The molecule has 3 N–H and O–H groups in total. The second kappa shape index (κ2) is 4.90. The van der Waals surface area contributed by atoms with Crippen molar-refractivity contribution in [2.24, 2.45) is 17.8 Å². The van der Waals surface area contributed by atoms with Crippen molar-refractivity contribution in [1.82, 2.24) is 0 Å². The van der Waals surface area contributed by atoms with Gasteiger partial charge in [0.2, 0.25) is 0 Å². The van der Waals surface area contributed by atoms with Crippen LogP contribution in [-0.2, 0) is 0 Å². The first kappa shape index (κ1) is 13.1. The second-order valence-electron chi connectivity index (χ2n) is 6.46. The zero-order chi connectivity index (χ0) is 13.6. The third kappa shape index (κ3) is 2.43. The van der Waals surface area contributed by atoms with Crippen LogP contribution in [0.25, 0.3) is 0 Å². The lowest BCUT2D eigenvalue weighted by Crippen LogP contribution is -2.30. The van der Waals surface area contributed by atoms with Gasteiger partial charge < -0.3 is 11.1 Å². The lowest BCUT2D eigenvalue weighted by molar-refractivity contribution is 0.304. The minimum absolute atomic E-state index is 0.522. The summed E-state index contributed by atoms with van der Waals surface area (Å²) in [7, 11) is 0. The first-order valence-corrected chi connectivity index (χ1v) is 7.74. The van der Waals surface area contributed by atoms with E-state index in [2.05, 4.69) is 19.2 Å². The van der Waals surface area contributed by atoms with Gasteiger partial charge in [-0.05, 0) is 68.6 Å². The van der Waals surface area contributed by atoms with Gasteiger partial charge in [-0.1, -0.05) is 18.0 Å². The van der Waals surface area contributed by atoms with Crippen LogP contribution in [0, 0.1) is 24.7 Å². The first-order chi connectivity index (χ1) is 9.04. The zero-order valence-corrected chi connectivity index (χ0v) is 12.5. The van der Waals surface area contributed by atoms with E-state index in [4.69, 9.17) is 17.3 Å². The fourth-order valence-electron chi connectivity index (χ4n) is 4.12. The lowest BCUT2D eigenvalue weighted by Gasteiger charge is -2.30. The molecule has 3 rings (SSSR count). The van der Waals surface area contributed by atoms with E-state index in [-0.39, 0.29) is 0 Å². The maximum Gasteiger partial charge on any atom is 0.0656 e. The number of hydrogen-bond donors (Lipinski definition) is 2. The van der Waals surface area contributed by atoms with Crippen molar-refractivity contribution < 1.29 is 0 Å². The van der Waals surface area contributed by atoms with Crippen LogP contribution in [0.1, 0.15) is 38.2 Å². The number of halogens is 1. The van der Waals surface area contributed by atoms with Gasteiger partial charge in [0.15, 0.2) is 0 Å². The Labute approximate surface area is 120 Å². The molecule has 2 aliphatic rings. The minimum Gasteiger partial charge on any atom is -0.398 e. The molecule has 1 aromatic carbocycles. The summed E-state index contributed by atoms with van der Waals surface area (Å²) >= 11 is 6.13. The molecule has 0 aliphatic heterocycles. The first-order valence-electron chi connectivity index (χ1n) is 7.36. The monoisotopic (exact) mass is 278 g/mol. The normalized spacial score (nSPS) is 30.6. The molecule has 0 amide bonds. The SMILES string of the molecule is Cc1cc(N)c(Cl)cc1NC(C)C1CC2CCC1C2. The number of fused-ring (bicyclic) bond motifs is 2. The molecule has 2 nitrogen and oxygen atoms in total. The highest BCUT2D eigenvalue weighted by atomic mass is 35.5. The average Bonchev–Trinajstić information content (AvgIpc) is 2.98. The van der Waals surface area contributed by atoms with Gasteiger partial charge in [0.25, 0.3) is 0 Å². The van der Waals surface area contributed by atoms with Crippen LogP contribution in [-0.4, -0.2) is 6.04 Å². The highest BCUT2D eigenvalue weighted by Gasteiger charge is 2.41. The molecule has 1 aromatic rings. The van der Waals surface area contributed by atoms with Crippen molar-refractivity contribution in [1.29, 1.82) is 0 Å². The predicted octanol–water partition coefficient (Wildman–Crippen LogP) is 4.47. The third-order valence-electron chi connectivity index (χ3n) is 5.16. The summed E-state index contributed by atoms with van der Waals surface area (Å²) in [6.07, 6.45) is 5.75. The number of aryl methyl sites for hydroxylation is 1. The Bertz CT molecular complexity index is 486. The van der Waals surface area contributed by atoms with Gasteiger partial charge in [-0.2, -0.15) is 0 Å². The van der Waals surface area contributed by atoms with Gasteiger partial charge in [-0.15, -0.1) is 0 Å². The Hall–Kier alpha value is -0.890. The number of nitrogen functional groups attached to an aromatic ring is 1. The van der Waals surface area contributed by atoms with Crippen LogP contribution < -0.4 is 11.1 Å². The molecule has 19 heavy (non-hydrogen) atoms. The van der Waals surface area contributed by atoms with Crippen LogP contribution in [0.3, 0.4) is 0 Å². The van der Waals surface area contributed by atoms with Crippen molar-refractivity contribution in [2.45, 2.75) is 45.6 Å². The summed E-state index contributed by atoms with van der Waals surface area (Å²) in [6.45, 7) is 4.40. The largest absolute Gasteiger partial charge is 0.398 e. The molecular weight excluding hydrogens is 256 g/mol. The fraction of sp³-hybridized carbons (Fsp3) is 0.625. The number of rotatable bonds is 3. The second-order valence-corrected chi connectivity index (χ2v) is 6.87. The van der Waals surface area contributed by atoms with Crippen LogP contribution in [0.5, 0.6) is 0 Å². The maximum absolute atomic E-state index is 6.13. The van der Waals surface area contributed by atoms with Crippen LogP contribution in [0.15, 0.2) is 12.1 Å². The molecule has 0 heterocycles. The number of anilines is 2. The highest BCUT2D eigenvalue weighted by molar-refractivity contribution is 6.33. The smallest absolute Gasteiger partial charge is 0.0656 e. The standard InChI is InChI=1S/C16H23ClN2/c1-9-5-15(18)14(17)8-16(9)19-10(2)13-7-11-3-4-12(13)6-11/h5,8,10-13,19H,3-4,6-7,18H2,1-2H3. The average molecular weight is 279 g/mol. The lowest BCUT2D eigenvalue weighted by atomic mass is 9.84. The van der Waals surface area contributed by atoms with E-state index in [0.29, 0.717) is 16.8 Å². The molecule has 2 bridgehead atoms. The Morgan fingerprint density at radius 2 is 2.11 bits per heavy atom. The summed E-state index contributed by atoms with van der Waals surface area (Å²) in [4.78, 5) is 0. The van der Waals surface area contributed by atoms with E-state index in [1.165, 1.54) is 31.2 Å². The van der Waals surface area contributed by atoms with E-state index >= 15 is 0 Å². The number of nitrogens with one attached hydrogen (secondary N) is 1. The van der Waals surface area contributed by atoms with E-state index in [9.17, 15) is 0 Å². The molecule has 2 aliphatic carbocycles. The van der Waals surface area contributed by atoms with E-state index in [1.807, 2.05) is 12.1 Å². The Kier molecular flexibility index (Phi) is 3.38. The van der Waals surface area contributed by atoms with Gasteiger partial charge in [0, 0.05) is 11.7 Å². The molecule has 2 saturated carbocycles. The third-order valence-corrected chi connectivity index (χ3v) is 5.49. The van der Waals surface area contributed by atoms with E-state index in [1.54, 1.807) is 0 Å². The molecule has 0 aromatic heterocycles. The Morgan fingerprint density at radius 1 is 1.32 bits per heavy atom. The molecule has 3 heteroatoms. The zero-order valence-electron chi connectivity index (χ0n) is 11.7. The fourth-order valence-corrected chi connectivity index (χ4v) is 4.28. The number of hydrogen-bond acceptors (Lipinski definition) is 2. The molecule has 4 atom stereocenters. The molecule has 2 fully saturated rings. The van der Waals surface area contributed by atoms with Gasteiger partial charge in [0.05, 0.1) is 10.7 Å². The van der Waals surface area contributed by atoms with Crippen molar-refractivity contribution in [3.05, 3.63) is 22.7 Å². The summed E-state index contributed by atoms with van der Waals surface area (Å²) < 4.78 is 0. The van der Waals surface area contributed by atoms with Crippen LogP contribution >= 0.6 is 11.6 Å². The number of benzene rings is 1. The topological polar surface area (TPSA) is 38.0 Å². The predicted molar refractivity (Wildman–Crippen MR) is 82.6 cm³/mol. The molecule has 0 radical (unpaired) electrons. The van der Waals surface area contributed by atoms with Gasteiger partial charge >= 0.3 is 0 Å². The van der Waals surface area contributed by atoms with Gasteiger partial charge in [-0.25, -0.2) is 0 Å². The van der Waals surface area contributed by atoms with Crippen molar-refractivity contribution >= 4 is 23.0 Å². The van der Waals surface area contributed by atoms with E-state index in [0.717, 1.165) is 23.4 Å². The van der Waals surface area contributed by atoms with Crippen molar-refractivity contribution in [2.75, 3.05) is 11.1 Å². The number of nitrogens with two attached hydrogens (primary N) is 1. The summed E-state index contributed by atoms with van der Waals surface area (Å²) in [6, 6.07) is 4.45. The van der Waals surface area contributed by atoms with Crippen molar-refractivity contribution in [3.8, 4) is 0 Å². The highest BCUT2D eigenvalue weighted by Crippen LogP contribution is 2.50. The van der Waals surface area contributed by atoms with Gasteiger partial charge in [0.1, 0.15) is 0 Å². The molecular formula is C16H23ClN2. The van der Waals surface area contributed by atoms with Crippen molar-refractivity contribution in [3.63, 3.8) is 0 Å². The summed E-state index contributed by atoms with van der Waals surface area (Å²) in [5.74, 6) is 2.77. The minimum atomic E-state index is 0.522. The molecule has 0 spiro atoms. The van der Waals surface area contributed by atoms with E-state index < -0.39 is 0 Å². The van der Waals surface area contributed by atoms with Crippen LogP contribution in [0.4, 0.5) is 11.4 Å². The Morgan fingerprint density at radius 3 is 2.74 bits per heavy atom. The summed E-state index contributed by atoms with van der Waals surface area (Å²) in [5.41, 5.74) is 8.81. The quantitative estimate of drug-likeness (QED) is 0.801. The summed E-state index contributed by atoms with van der Waals surface area (Å²) in [5, 5.41) is 4.31. The molecule has 0 saturated heterocycles. The van der Waals surface area contributed by atoms with Crippen LogP contribution in [0.2, 0.25) is 5.02 Å².